The van der Waals surface area contributed by atoms with Crippen LogP contribution in [0.2, 0.25) is 0 Å². The summed E-state index contributed by atoms with van der Waals surface area (Å²) in [5.41, 5.74) is 6.30. The molecule has 2 aromatic rings. The Morgan fingerprint density at radius 2 is 2.35 bits per heavy atom. The van der Waals surface area contributed by atoms with E-state index in [1.54, 1.807) is 14.0 Å². The van der Waals surface area contributed by atoms with Gasteiger partial charge in [-0.2, -0.15) is 0 Å². The van der Waals surface area contributed by atoms with E-state index in [4.69, 9.17) is 10.5 Å². The topological polar surface area (TPSA) is 77.2 Å². The van der Waals surface area contributed by atoms with Crippen LogP contribution in [0.25, 0.3) is 10.2 Å². The van der Waals surface area contributed by atoms with E-state index in [0.29, 0.717) is 5.13 Å². The largest absolute Gasteiger partial charge is 0.497 e. The summed E-state index contributed by atoms with van der Waals surface area (Å²) < 4.78 is 6.08. The van der Waals surface area contributed by atoms with Gasteiger partial charge in [0.1, 0.15) is 5.75 Å². The van der Waals surface area contributed by atoms with Crippen molar-refractivity contribution >= 4 is 32.6 Å². The number of methoxy groups -OCH3 is 1. The fourth-order valence-electron chi connectivity index (χ4n) is 1.30. The molecule has 90 valence electrons. The van der Waals surface area contributed by atoms with Crippen molar-refractivity contribution in [3.8, 4) is 5.75 Å². The third-order valence-corrected chi connectivity index (χ3v) is 3.17. The molecule has 0 aliphatic carbocycles. The summed E-state index contributed by atoms with van der Waals surface area (Å²) in [7, 11) is 1.61. The number of carbonyl (C=O) groups excluding carboxylic acids is 1. The highest BCUT2D eigenvalue weighted by molar-refractivity contribution is 7.22. The van der Waals surface area contributed by atoms with Gasteiger partial charge in [0.15, 0.2) is 5.13 Å². The molecule has 1 aromatic carbocycles. The number of rotatable bonds is 3. The maximum Gasteiger partial charge on any atom is 0.242 e. The van der Waals surface area contributed by atoms with Crippen molar-refractivity contribution < 1.29 is 9.53 Å². The Morgan fingerprint density at radius 1 is 1.59 bits per heavy atom. The van der Waals surface area contributed by atoms with Crippen LogP contribution in [-0.4, -0.2) is 24.0 Å². The maximum atomic E-state index is 11.4. The minimum Gasteiger partial charge on any atom is -0.497 e. The number of amides is 1. The molecule has 0 aliphatic heterocycles. The number of benzene rings is 1. The molecule has 0 unspecified atom stereocenters. The number of thiazole rings is 1. The molecule has 6 heteroatoms. The van der Waals surface area contributed by atoms with E-state index in [0.717, 1.165) is 16.0 Å². The molecule has 1 amide bonds. The lowest BCUT2D eigenvalue weighted by atomic mass is 10.3. The van der Waals surface area contributed by atoms with Crippen molar-refractivity contribution in [1.82, 2.24) is 4.98 Å². The third-order valence-electron chi connectivity index (χ3n) is 2.24. The zero-order valence-corrected chi connectivity index (χ0v) is 10.4. The van der Waals surface area contributed by atoms with E-state index in [9.17, 15) is 4.79 Å². The predicted octanol–water partition coefficient (Wildman–Crippen LogP) is 1.59. The summed E-state index contributed by atoms with van der Waals surface area (Å²) in [6.07, 6.45) is 0. The Labute approximate surface area is 103 Å². The Hall–Kier alpha value is -1.66. The molecule has 0 saturated carbocycles. The van der Waals surface area contributed by atoms with Crippen LogP contribution in [0.1, 0.15) is 6.92 Å². The quantitative estimate of drug-likeness (QED) is 0.868. The second-order valence-corrected chi connectivity index (χ2v) is 4.66. The summed E-state index contributed by atoms with van der Waals surface area (Å²) in [5.74, 6) is 0.530. The molecular formula is C11H13N3O2S. The zero-order valence-electron chi connectivity index (χ0n) is 9.56. The SMILES string of the molecule is COc1ccc2nc(NC(=O)[C@H](C)N)sc2c1. The van der Waals surface area contributed by atoms with Crippen molar-refractivity contribution in [2.45, 2.75) is 13.0 Å². The van der Waals surface area contributed by atoms with E-state index >= 15 is 0 Å². The molecule has 0 aliphatic rings. The first-order valence-corrected chi connectivity index (χ1v) is 5.93. The van der Waals surface area contributed by atoms with Crippen LogP contribution in [-0.2, 0) is 4.79 Å². The van der Waals surface area contributed by atoms with E-state index in [1.807, 2.05) is 18.2 Å². The van der Waals surface area contributed by atoms with Gasteiger partial charge in [0, 0.05) is 0 Å². The summed E-state index contributed by atoms with van der Waals surface area (Å²) in [6, 6.07) is 5.02. The molecule has 17 heavy (non-hydrogen) atoms. The number of fused-ring (bicyclic) bond motifs is 1. The number of ether oxygens (including phenoxy) is 1. The van der Waals surface area contributed by atoms with Gasteiger partial charge in [-0.05, 0) is 25.1 Å². The van der Waals surface area contributed by atoms with Crippen LogP contribution < -0.4 is 15.8 Å². The molecule has 1 aromatic heterocycles. The molecule has 1 heterocycles. The number of hydrogen-bond donors (Lipinski definition) is 2. The standard InChI is InChI=1S/C11H13N3O2S/c1-6(12)10(15)14-11-13-8-4-3-7(16-2)5-9(8)17-11/h3-6H,12H2,1-2H3,(H,13,14,15)/t6-/m0/s1. The van der Waals surface area contributed by atoms with Crippen molar-refractivity contribution in [2.75, 3.05) is 12.4 Å². The summed E-state index contributed by atoms with van der Waals surface area (Å²) >= 11 is 1.39. The minimum absolute atomic E-state index is 0.240. The van der Waals surface area contributed by atoms with E-state index in [-0.39, 0.29) is 5.91 Å². The molecule has 0 saturated heterocycles. The average Bonchev–Trinajstić information content (AvgIpc) is 2.69. The molecule has 5 nitrogen and oxygen atoms in total. The van der Waals surface area contributed by atoms with E-state index in [1.165, 1.54) is 11.3 Å². The molecular weight excluding hydrogens is 238 g/mol. The third kappa shape index (κ3) is 2.54. The van der Waals surface area contributed by atoms with Gasteiger partial charge in [0.05, 0.1) is 23.4 Å². The first-order chi connectivity index (χ1) is 8.10. The van der Waals surface area contributed by atoms with Crippen molar-refractivity contribution in [3.63, 3.8) is 0 Å². The predicted molar refractivity (Wildman–Crippen MR) is 68.5 cm³/mol. The first kappa shape index (κ1) is 11.8. The number of anilines is 1. The highest BCUT2D eigenvalue weighted by Gasteiger charge is 2.11. The van der Waals surface area contributed by atoms with Crippen LogP contribution in [0, 0.1) is 0 Å². The number of nitrogens with one attached hydrogen (secondary N) is 1. The monoisotopic (exact) mass is 251 g/mol. The molecule has 0 radical (unpaired) electrons. The van der Waals surface area contributed by atoms with Gasteiger partial charge in [-0.3, -0.25) is 4.79 Å². The van der Waals surface area contributed by atoms with Gasteiger partial charge in [-0.15, -0.1) is 0 Å². The number of nitrogens with two attached hydrogens (primary N) is 1. The smallest absolute Gasteiger partial charge is 0.242 e. The van der Waals surface area contributed by atoms with Crippen molar-refractivity contribution in [3.05, 3.63) is 18.2 Å². The first-order valence-electron chi connectivity index (χ1n) is 5.11. The minimum atomic E-state index is -0.545. The molecule has 2 rings (SSSR count). The highest BCUT2D eigenvalue weighted by Crippen LogP contribution is 2.29. The maximum absolute atomic E-state index is 11.4. The molecule has 0 fully saturated rings. The summed E-state index contributed by atoms with van der Waals surface area (Å²) in [5, 5.41) is 3.22. The Kier molecular flexibility index (Phi) is 3.26. The van der Waals surface area contributed by atoms with Crippen LogP contribution >= 0.6 is 11.3 Å². The van der Waals surface area contributed by atoms with Crippen LogP contribution in [0.3, 0.4) is 0 Å². The highest BCUT2D eigenvalue weighted by atomic mass is 32.1. The lowest BCUT2D eigenvalue weighted by Gasteiger charge is -2.02. The Balaban J connectivity index is 2.28. The second kappa shape index (κ2) is 4.68. The summed E-state index contributed by atoms with van der Waals surface area (Å²) in [6.45, 7) is 1.63. The fourth-order valence-corrected chi connectivity index (χ4v) is 2.20. The normalized spacial score (nSPS) is 12.4. The number of aromatic nitrogens is 1. The molecule has 3 N–H and O–H groups in total. The Morgan fingerprint density at radius 3 is 3.00 bits per heavy atom. The van der Waals surface area contributed by atoms with Gasteiger partial charge in [0.2, 0.25) is 5.91 Å². The fraction of sp³-hybridized carbons (Fsp3) is 0.273. The molecule has 1 atom stereocenters. The number of hydrogen-bond acceptors (Lipinski definition) is 5. The number of nitrogens with zero attached hydrogens (tertiary/aromatic N) is 1. The van der Waals surface area contributed by atoms with Gasteiger partial charge in [-0.25, -0.2) is 4.98 Å². The Bertz CT molecular complexity index is 551. The van der Waals surface area contributed by atoms with Gasteiger partial charge in [-0.1, -0.05) is 11.3 Å². The zero-order chi connectivity index (χ0) is 12.4. The van der Waals surface area contributed by atoms with Gasteiger partial charge >= 0.3 is 0 Å². The van der Waals surface area contributed by atoms with Crippen LogP contribution in [0.5, 0.6) is 5.75 Å². The van der Waals surface area contributed by atoms with E-state index in [2.05, 4.69) is 10.3 Å². The molecule has 0 bridgehead atoms. The van der Waals surface area contributed by atoms with Gasteiger partial charge in [0.25, 0.3) is 0 Å². The van der Waals surface area contributed by atoms with Crippen molar-refractivity contribution in [2.24, 2.45) is 5.73 Å². The van der Waals surface area contributed by atoms with Crippen LogP contribution in [0.4, 0.5) is 5.13 Å². The van der Waals surface area contributed by atoms with Gasteiger partial charge < -0.3 is 15.8 Å². The van der Waals surface area contributed by atoms with Crippen molar-refractivity contribution in [1.29, 1.82) is 0 Å². The molecule has 0 spiro atoms. The second-order valence-electron chi connectivity index (χ2n) is 3.63. The lowest BCUT2D eigenvalue weighted by Crippen LogP contribution is -2.32. The average molecular weight is 251 g/mol. The summed E-state index contributed by atoms with van der Waals surface area (Å²) in [4.78, 5) is 15.7. The van der Waals surface area contributed by atoms with E-state index < -0.39 is 6.04 Å². The number of carbonyl (C=O) groups is 1. The lowest BCUT2D eigenvalue weighted by molar-refractivity contribution is -0.117. The van der Waals surface area contributed by atoms with Crippen LogP contribution in [0.15, 0.2) is 18.2 Å².